The zero-order valence-electron chi connectivity index (χ0n) is 12.5. The van der Waals surface area contributed by atoms with E-state index in [1.54, 1.807) is 18.2 Å². The molecule has 0 fully saturated rings. The highest BCUT2D eigenvalue weighted by atomic mass is 35.5. The Labute approximate surface area is 144 Å². The second-order valence-corrected chi connectivity index (χ2v) is 5.75. The number of likely N-dealkylation sites (N-methyl/N-ethyl adjacent to an activating group) is 1. The van der Waals surface area contributed by atoms with Crippen molar-refractivity contribution in [1.82, 2.24) is 10.2 Å². The van der Waals surface area contributed by atoms with Crippen LogP contribution in [0.4, 0.5) is 0 Å². The van der Waals surface area contributed by atoms with Crippen LogP contribution in [0.2, 0.25) is 10.0 Å². The minimum absolute atomic E-state index is 0.138. The number of carbonyl (C=O) groups excluding carboxylic acids is 2. The van der Waals surface area contributed by atoms with Crippen LogP contribution in [0.3, 0.4) is 0 Å². The molecule has 0 aliphatic carbocycles. The zero-order chi connectivity index (χ0) is 17.6. The molecule has 1 rings (SSSR count). The maximum Gasteiger partial charge on any atom is 0.475 e. The Morgan fingerprint density at radius 2 is 2.04 bits per heavy atom. The van der Waals surface area contributed by atoms with Crippen molar-refractivity contribution in [1.29, 1.82) is 0 Å². The lowest BCUT2D eigenvalue weighted by Gasteiger charge is -2.20. The Balaban J connectivity index is 2.71. The lowest BCUT2D eigenvalue weighted by molar-refractivity contribution is -0.131. The lowest BCUT2D eigenvalue weighted by Crippen LogP contribution is -2.50. The summed E-state index contributed by atoms with van der Waals surface area (Å²) in [5, 5.41) is 22.0. The van der Waals surface area contributed by atoms with Gasteiger partial charge in [-0.15, -0.1) is 0 Å². The summed E-state index contributed by atoms with van der Waals surface area (Å²) in [6.45, 7) is 3.10. The molecule has 0 aliphatic rings. The fraction of sp³-hybridized carbons (Fsp3) is 0.286. The van der Waals surface area contributed by atoms with Crippen LogP contribution in [0.15, 0.2) is 30.9 Å². The standard InChI is InChI=1S/C14H17BCl2N2O4/c1-3-14(21)19(2)8-13(20)18-12(15(22)23)7-9-4-5-10(16)11(17)6-9/h3-6,12,22-23H,1,7-8H2,2H3,(H,18,20). The SMILES string of the molecule is C=CC(=O)N(C)CC(=O)NC(Cc1ccc(Cl)c(Cl)c1)B(O)O. The highest BCUT2D eigenvalue weighted by Crippen LogP contribution is 2.23. The minimum Gasteiger partial charge on any atom is -0.426 e. The van der Waals surface area contributed by atoms with Gasteiger partial charge in [-0.2, -0.15) is 0 Å². The maximum atomic E-state index is 11.9. The van der Waals surface area contributed by atoms with Gasteiger partial charge in [0.25, 0.3) is 0 Å². The molecule has 1 atom stereocenters. The lowest BCUT2D eigenvalue weighted by atomic mass is 9.76. The average Bonchev–Trinajstić information content (AvgIpc) is 2.49. The van der Waals surface area contributed by atoms with E-state index in [1.165, 1.54) is 7.05 Å². The van der Waals surface area contributed by atoms with Gasteiger partial charge in [0, 0.05) is 7.05 Å². The first-order valence-electron chi connectivity index (χ1n) is 6.71. The van der Waals surface area contributed by atoms with Crippen LogP contribution >= 0.6 is 23.2 Å². The Morgan fingerprint density at radius 3 is 2.57 bits per heavy atom. The summed E-state index contributed by atoms with van der Waals surface area (Å²) >= 11 is 11.7. The summed E-state index contributed by atoms with van der Waals surface area (Å²) in [5.41, 5.74) is 0.674. The van der Waals surface area contributed by atoms with Gasteiger partial charge in [-0.25, -0.2) is 0 Å². The van der Waals surface area contributed by atoms with Gasteiger partial charge in [0.05, 0.1) is 22.5 Å². The molecule has 23 heavy (non-hydrogen) atoms. The predicted octanol–water partition coefficient (Wildman–Crippen LogP) is 0.677. The van der Waals surface area contributed by atoms with Gasteiger partial charge < -0.3 is 20.3 Å². The van der Waals surface area contributed by atoms with Gasteiger partial charge in [-0.3, -0.25) is 9.59 Å². The number of halogens is 2. The Morgan fingerprint density at radius 1 is 1.39 bits per heavy atom. The molecular weight excluding hydrogens is 342 g/mol. The van der Waals surface area contributed by atoms with Crippen molar-refractivity contribution in [2.24, 2.45) is 0 Å². The molecule has 2 amide bonds. The summed E-state index contributed by atoms with van der Waals surface area (Å²) in [5.74, 6) is -1.89. The normalized spacial score (nSPS) is 11.5. The summed E-state index contributed by atoms with van der Waals surface area (Å²) in [6, 6.07) is 4.83. The third-order valence-electron chi connectivity index (χ3n) is 3.08. The molecular formula is C14H17BCl2N2O4. The van der Waals surface area contributed by atoms with Crippen molar-refractivity contribution in [3.63, 3.8) is 0 Å². The highest BCUT2D eigenvalue weighted by molar-refractivity contribution is 6.44. The van der Waals surface area contributed by atoms with E-state index in [0.717, 1.165) is 11.0 Å². The molecule has 124 valence electrons. The monoisotopic (exact) mass is 358 g/mol. The molecule has 0 aromatic heterocycles. The fourth-order valence-corrected chi connectivity index (χ4v) is 2.17. The number of hydrogen-bond donors (Lipinski definition) is 3. The number of hydrogen-bond acceptors (Lipinski definition) is 4. The van der Waals surface area contributed by atoms with Crippen LogP contribution in [0, 0.1) is 0 Å². The Kier molecular flexibility index (Phi) is 7.58. The average molecular weight is 359 g/mol. The topological polar surface area (TPSA) is 89.9 Å². The molecule has 0 saturated carbocycles. The second-order valence-electron chi connectivity index (χ2n) is 4.94. The number of carbonyl (C=O) groups is 2. The number of nitrogens with one attached hydrogen (secondary N) is 1. The van der Waals surface area contributed by atoms with Crippen molar-refractivity contribution in [3.8, 4) is 0 Å². The van der Waals surface area contributed by atoms with E-state index < -0.39 is 24.9 Å². The van der Waals surface area contributed by atoms with Crippen molar-refractivity contribution in [2.75, 3.05) is 13.6 Å². The molecule has 0 radical (unpaired) electrons. The first-order chi connectivity index (χ1) is 10.7. The van der Waals surface area contributed by atoms with E-state index in [0.29, 0.717) is 15.6 Å². The molecule has 9 heteroatoms. The summed E-state index contributed by atoms with van der Waals surface area (Å²) < 4.78 is 0. The van der Waals surface area contributed by atoms with E-state index in [2.05, 4.69) is 11.9 Å². The molecule has 1 unspecified atom stereocenters. The smallest absolute Gasteiger partial charge is 0.426 e. The summed E-state index contributed by atoms with van der Waals surface area (Å²) in [7, 11) is -0.332. The van der Waals surface area contributed by atoms with Gasteiger partial charge in [0.1, 0.15) is 0 Å². The number of amides is 2. The van der Waals surface area contributed by atoms with Crippen molar-refractivity contribution in [2.45, 2.75) is 12.4 Å². The molecule has 0 saturated heterocycles. The van der Waals surface area contributed by atoms with Gasteiger partial charge in [-0.05, 0) is 30.2 Å². The molecule has 1 aromatic rings. The van der Waals surface area contributed by atoms with Crippen LogP contribution in [-0.2, 0) is 16.0 Å². The quantitative estimate of drug-likeness (QED) is 0.493. The molecule has 1 aromatic carbocycles. The van der Waals surface area contributed by atoms with Crippen LogP contribution < -0.4 is 5.32 Å². The molecule has 0 bridgehead atoms. The molecule has 0 spiro atoms. The van der Waals surface area contributed by atoms with E-state index in [-0.39, 0.29) is 13.0 Å². The third kappa shape index (κ3) is 6.23. The number of rotatable bonds is 7. The van der Waals surface area contributed by atoms with Gasteiger partial charge in [-0.1, -0.05) is 35.8 Å². The molecule has 6 nitrogen and oxygen atoms in total. The van der Waals surface area contributed by atoms with Crippen LogP contribution in [-0.4, -0.2) is 53.4 Å². The third-order valence-corrected chi connectivity index (χ3v) is 3.82. The largest absolute Gasteiger partial charge is 0.475 e. The first kappa shape index (κ1) is 19.5. The Hall–Kier alpha value is -1.54. The zero-order valence-corrected chi connectivity index (χ0v) is 14.0. The predicted molar refractivity (Wildman–Crippen MR) is 90.1 cm³/mol. The van der Waals surface area contributed by atoms with E-state index >= 15 is 0 Å². The molecule has 0 heterocycles. The number of nitrogens with zero attached hydrogens (tertiary/aromatic N) is 1. The van der Waals surface area contributed by atoms with E-state index in [4.69, 9.17) is 23.2 Å². The summed E-state index contributed by atoms with van der Waals surface area (Å²) in [6.07, 6.45) is 1.22. The van der Waals surface area contributed by atoms with Crippen LogP contribution in [0.1, 0.15) is 5.56 Å². The first-order valence-corrected chi connectivity index (χ1v) is 7.47. The van der Waals surface area contributed by atoms with Crippen molar-refractivity contribution >= 4 is 42.1 Å². The van der Waals surface area contributed by atoms with Crippen LogP contribution in [0.25, 0.3) is 0 Å². The van der Waals surface area contributed by atoms with Gasteiger partial charge in [0.2, 0.25) is 11.8 Å². The molecule has 0 aliphatic heterocycles. The van der Waals surface area contributed by atoms with Crippen molar-refractivity contribution in [3.05, 3.63) is 46.5 Å². The second kappa shape index (κ2) is 8.93. The molecule has 3 N–H and O–H groups in total. The highest BCUT2D eigenvalue weighted by Gasteiger charge is 2.26. The minimum atomic E-state index is -1.77. The van der Waals surface area contributed by atoms with Gasteiger partial charge in [0.15, 0.2) is 0 Å². The Bertz CT molecular complexity index is 598. The van der Waals surface area contributed by atoms with Crippen molar-refractivity contribution < 1.29 is 19.6 Å². The van der Waals surface area contributed by atoms with Crippen LogP contribution in [0.5, 0.6) is 0 Å². The maximum absolute atomic E-state index is 11.9. The van der Waals surface area contributed by atoms with E-state index in [1.807, 2.05) is 0 Å². The fourth-order valence-electron chi connectivity index (χ4n) is 1.85. The number of benzene rings is 1. The van der Waals surface area contributed by atoms with E-state index in [9.17, 15) is 19.6 Å². The van der Waals surface area contributed by atoms with Gasteiger partial charge >= 0.3 is 7.12 Å². The summed E-state index contributed by atoms with van der Waals surface area (Å²) in [4.78, 5) is 24.4.